The number of benzene rings is 2. The van der Waals surface area contributed by atoms with E-state index >= 15 is 0 Å². The first kappa shape index (κ1) is 13.2. The first-order valence-corrected chi connectivity index (χ1v) is 6.55. The molecule has 1 heterocycles. The van der Waals surface area contributed by atoms with Gasteiger partial charge in [0, 0.05) is 12.5 Å². The molecule has 0 unspecified atom stereocenters. The molecule has 0 aliphatic heterocycles. The van der Waals surface area contributed by atoms with Crippen LogP contribution in [0.1, 0.15) is 11.1 Å². The van der Waals surface area contributed by atoms with Crippen molar-refractivity contribution in [3.8, 4) is 11.5 Å². The number of fused-ring (bicyclic) bond motifs is 1. The van der Waals surface area contributed by atoms with Gasteiger partial charge in [-0.2, -0.15) is 0 Å². The molecule has 3 rings (SSSR count). The Bertz CT molecular complexity index is 835. The van der Waals surface area contributed by atoms with Crippen molar-refractivity contribution in [2.75, 3.05) is 7.11 Å². The van der Waals surface area contributed by atoms with Gasteiger partial charge in [0.1, 0.15) is 17.1 Å². The van der Waals surface area contributed by atoms with Gasteiger partial charge in [-0.1, -0.05) is 30.3 Å². The first-order chi connectivity index (χ1) is 10.2. The van der Waals surface area contributed by atoms with Crippen molar-refractivity contribution in [2.45, 2.75) is 6.42 Å². The van der Waals surface area contributed by atoms with E-state index in [4.69, 9.17) is 9.15 Å². The molecule has 0 aliphatic rings. The summed E-state index contributed by atoms with van der Waals surface area (Å²) in [4.78, 5) is 12.1. The molecule has 0 amide bonds. The number of aromatic hydroxyl groups is 1. The maximum atomic E-state index is 12.1. The van der Waals surface area contributed by atoms with Crippen LogP contribution in [0.25, 0.3) is 11.0 Å². The SMILES string of the molecule is COc1ccc2c(O)c(Cc3ccccc3)c(=O)oc2c1. The lowest BCUT2D eigenvalue weighted by atomic mass is 10.0. The van der Waals surface area contributed by atoms with Gasteiger partial charge in [0.2, 0.25) is 0 Å². The molecular weight excluding hydrogens is 268 g/mol. The van der Waals surface area contributed by atoms with Crippen molar-refractivity contribution in [2.24, 2.45) is 0 Å². The van der Waals surface area contributed by atoms with Gasteiger partial charge in [-0.25, -0.2) is 4.79 Å². The predicted molar refractivity (Wildman–Crippen MR) is 79.9 cm³/mol. The van der Waals surface area contributed by atoms with Crippen molar-refractivity contribution >= 4 is 11.0 Å². The second-order valence-corrected chi connectivity index (χ2v) is 4.74. The molecule has 4 heteroatoms. The van der Waals surface area contributed by atoms with Gasteiger partial charge < -0.3 is 14.3 Å². The van der Waals surface area contributed by atoms with E-state index in [1.165, 1.54) is 7.11 Å². The van der Waals surface area contributed by atoms with E-state index in [1.54, 1.807) is 18.2 Å². The quantitative estimate of drug-likeness (QED) is 0.750. The summed E-state index contributed by atoms with van der Waals surface area (Å²) in [6.45, 7) is 0. The Labute approximate surface area is 121 Å². The minimum Gasteiger partial charge on any atom is -0.507 e. The Morgan fingerprint density at radius 3 is 2.62 bits per heavy atom. The molecular formula is C17H14O4. The minimum absolute atomic E-state index is 0.0345. The molecule has 2 aromatic carbocycles. The third kappa shape index (κ3) is 2.48. The number of hydrogen-bond acceptors (Lipinski definition) is 4. The fraction of sp³-hybridized carbons (Fsp3) is 0.118. The summed E-state index contributed by atoms with van der Waals surface area (Å²) in [6, 6.07) is 14.5. The van der Waals surface area contributed by atoms with Gasteiger partial charge in [-0.05, 0) is 17.7 Å². The second kappa shape index (κ2) is 5.32. The summed E-state index contributed by atoms with van der Waals surface area (Å²) in [5, 5.41) is 10.9. The fourth-order valence-electron chi connectivity index (χ4n) is 2.29. The predicted octanol–water partition coefficient (Wildman–Crippen LogP) is 3.10. The molecule has 0 bridgehead atoms. The molecule has 106 valence electrons. The molecule has 0 aliphatic carbocycles. The number of rotatable bonds is 3. The highest BCUT2D eigenvalue weighted by molar-refractivity contribution is 5.85. The van der Waals surface area contributed by atoms with E-state index in [1.807, 2.05) is 30.3 Å². The molecule has 4 nitrogen and oxygen atoms in total. The maximum absolute atomic E-state index is 12.1. The van der Waals surface area contributed by atoms with E-state index in [0.717, 1.165) is 5.56 Å². The van der Waals surface area contributed by atoms with Crippen molar-refractivity contribution in [1.82, 2.24) is 0 Å². The summed E-state index contributed by atoms with van der Waals surface area (Å²) in [5.41, 5.74) is 0.984. The Kier molecular flexibility index (Phi) is 3.36. The first-order valence-electron chi connectivity index (χ1n) is 6.55. The summed E-state index contributed by atoms with van der Waals surface area (Å²) in [6.07, 6.45) is 0.330. The molecule has 0 radical (unpaired) electrons. The molecule has 1 aromatic heterocycles. The van der Waals surface area contributed by atoms with Gasteiger partial charge in [-0.3, -0.25) is 0 Å². The number of hydrogen-bond donors (Lipinski definition) is 1. The smallest absolute Gasteiger partial charge is 0.343 e. The molecule has 0 fully saturated rings. The van der Waals surface area contributed by atoms with Crippen LogP contribution in [0.4, 0.5) is 0 Å². The molecule has 0 spiro atoms. The normalized spacial score (nSPS) is 10.7. The minimum atomic E-state index is -0.530. The van der Waals surface area contributed by atoms with E-state index in [9.17, 15) is 9.90 Å². The Morgan fingerprint density at radius 1 is 1.14 bits per heavy atom. The zero-order valence-electron chi connectivity index (χ0n) is 11.5. The molecule has 0 saturated carbocycles. The number of ether oxygens (including phenoxy) is 1. The van der Waals surface area contributed by atoms with Crippen molar-refractivity contribution in [3.63, 3.8) is 0 Å². The van der Waals surface area contributed by atoms with Crippen LogP contribution >= 0.6 is 0 Å². The summed E-state index contributed by atoms with van der Waals surface area (Å²) < 4.78 is 10.4. The molecule has 21 heavy (non-hydrogen) atoms. The second-order valence-electron chi connectivity index (χ2n) is 4.74. The maximum Gasteiger partial charge on any atom is 0.343 e. The summed E-state index contributed by atoms with van der Waals surface area (Å²) >= 11 is 0. The van der Waals surface area contributed by atoms with E-state index in [2.05, 4.69) is 0 Å². The molecule has 3 aromatic rings. The zero-order valence-corrected chi connectivity index (χ0v) is 11.5. The van der Waals surface area contributed by atoms with Crippen molar-refractivity contribution in [3.05, 3.63) is 70.1 Å². The topological polar surface area (TPSA) is 59.7 Å². The lowest BCUT2D eigenvalue weighted by molar-refractivity contribution is 0.413. The highest BCUT2D eigenvalue weighted by atomic mass is 16.5. The van der Waals surface area contributed by atoms with Crippen LogP contribution in [0.2, 0.25) is 0 Å². The van der Waals surface area contributed by atoms with Gasteiger partial charge in [-0.15, -0.1) is 0 Å². The highest BCUT2D eigenvalue weighted by Crippen LogP contribution is 2.30. The van der Waals surface area contributed by atoms with Crippen LogP contribution in [0.5, 0.6) is 11.5 Å². The average molecular weight is 282 g/mol. The monoisotopic (exact) mass is 282 g/mol. The van der Waals surface area contributed by atoms with E-state index < -0.39 is 5.63 Å². The van der Waals surface area contributed by atoms with Crippen LogP contribution in [0.3, 0.4) is 0 Å². The van der Waals surface area contributed by atoms with Crippen LogP contribution in [-0.2, 0) is 6.42 Å². The van der Waals surface area contributed by atoms with Gasteiger partial charge in [0.05, 0.1) is 18.1 Å². The third-order valence-electron chi connectivity index (χ3n) is 3.40. The Hall–Kier alpha value is -2.75. The summed E-state index contributed by atoms with van der Waals surface area (Å²) in [7, 11) is 1.53. The van der Waals surface area contributed by atoms with Gasteiger partial charge >= 0.3 is 5.63 Å². The molecule has 1 N–H and O–H groups in total. The van der Waals surface area contributed by atoms with Crippen LogP contribution < -0.4 is 10.4 Å². The van der Waals surface area contributed by atoms with Crippen molar-refractivity contribution < 1.29 is 14.3 Å². The van der Waals surface area contributed by atoms with Crippen LogP contribution in [0.15, 0.2) is 57.7 Å². The van der Waals surface area contributed by atoms with E-state index in [-0.39, 0.29) is 11.3 Å². The average Bonchev–Trinajstić information content (AvgIpc) is 2.52. The largest absolute Gasteiger partial charge is 0.507 e. The molecule has 0 atom stereocenters. The zero-order chi connectivity index (χ0) is 14.8. The standard InChI is InChI=1S/C17H14O4/c1-20-12-7-8-13-15(10-12)21-17(19)14(16(13)18)9-11-5-3-2-4-6-11/h2-8,10,18H,9H2,1H3. The van der Waals surface area contributed by atoms with Gasteiger partial charge in [0.25, 0.3) is 0 Å². The Morgan fingerprint density at radius 2 is 1.90 bits per heavy atom. The lowest BCUT2D eigenvalue weighted by Crippen LogP contribution is -2.08. The summed E-state index contributed by atoms with van der Waals surface area (Å²) in [5.74, 6) is 0.536. The van der Waals surface area contributed by atoms with Crippen LogP contribution in [0, 0.1) is 0 Å². The van der Waals surface area contributed by atoms with Gasteiger partial charge in [0.15, 0.2) is 0 Å². The Balaban J connectivity index is 2.14. The lowest BCUT2D eigenvalue weighted by Gasteiger charge is -2.07. The number of methoxy groups -OCH3 is 1. The fourth-order valence-corrected chi connectivity index (χ4v) is 2.29. The third-order valence-corrected chi connectivity index (χ3v) is 3.40. The highest BCUT2D eigenvalue weighted by Gasteiger charge is 2.14. The van der Waals surface area contributed by atoms with Crippen LogP contribution in [-0.4, -0.2) is 12.2 Å². The van der Waals surface area contributed by atoms with E-state index in [0.29, 0.717) is 23.1 Å². The molecule has 0 saturated heterocycles. The van der Waals surface area contributed by atoms with Crippen molar-refractivity contribution in [1.29, 1.82) is 0 Å².